The molecule has 0 heterocycles. The number of hydrogen-bond acceptors (Lipinski definition) is 2. The summed E-state index contributed by atoms with van der Waals surface area (Å²) in [5, 5.41) is 11.6. The van der Waals surface area contributed by atoms with Crippen molar-refractivity contribution in [3.05, 3.63) is 35.6 Å². The molecule has 0 aliphatic heterocycles. The molecule has 1 amide bonds. The highest BCUT2D eigenvalue weighted by molar-refractivity contribution is 5.67. The number of hydrogen-bond donors (Lipinski definition) is 2. The highest BCUT2D eigenvalue weighted by Gasteiger charge is 1.91. The van der Waals surface area contributed by atoms with E-state index in [9.17, 15) is 9.18 Å². The molecule has 0 atom stereocenters. The van der Waals surface area contributed by atoms with Crippen molar-refractivity contribution in [2.24, 2.45) is 5.10 Å². The summed E-state index contributed by atoms with van der Waals surface area (Å²) in [6.07, 6.45) is 0.655. The van der Waals surface area contributed by atoms with Gasteiger partial charge in [-0.2, -0.15) is 5.10 Å². The fourth-order valence-corrected chi connectivity index (χ4v) is 0.872. The van der Waals surface area contributed by atoms with E-state index in [4.69, 9.17) is 5.11 Å². The van der Waals surface area contributed by atoms with Gasteiger partial charge in [-0.1, -0.05) is 12.1 Å². The molecule has 0 saturated carbocycles. The molecule has 4 nitrogen and oxygen atoms in total. The molecule has 0 bridgehead atoms. The van der Waals surface area contributed by atoms with Crippen LogP contribution in [0.5, 0.6) is 0 Å². The number of hydrazone groups is 1. The summed E-state index contributed by atoms with van der Waals surface area (Å²) in [4.78, 5) is 9.98. The van der Waals surface area contributed by atoms with Crippen LogP contribution in [0.4, 0.5) is 9.18 Å². The molecule has 14 heavy (non-hydrogen) atoms. The Bertz CT molecular complexity index is 335. The van der Waals surface area contributed by atoms with Crippen LogP contribution in [0.2, 0.25) is 0 Å². The first-order valence-corrected chi connectivity index (χ1v) is 3.93. The largest absolute Gasteiger partial charge is 0.464 e. The van der Waals surface area contributed by atoms with Gasteiger partial charge in [0.25, 0.3) is 0 Å². The Morgan fingerprint density at radius 2 is 2.14 bits per heavy atom. The maximum atomic E-state index is 12.5. The molecule has 0 saturated heterocycles. The zero-order valence-electron chi connectivity index (χ0n) is 7.27. The summed E-state index contributed by atoms with van der Waals surface area (Å²) in [6.45, 7) is 0. The normalized spacial score (nSPS) is 10.4. The van der Waals surface area contributed by atoms with Gasteiger partial charge in [-0.25, -0.2) is 14.6 Å². The molecule has 0 aromatic heterocycles. The van der Waals surface area contributed by atoms with E-state index in [-0.39, 0.29) is 5.82 Å². The van der Waals surface area contributed by atoms with Crippen LogP contribution < -0.4 is 5.43 Å². The second-order valence-electron chi connectivity index (χ2n) is 2.56. The van der Waals surface area contributed by atoms with Crippen molar-refractivity contribution in [1.82, 2.24) is 5.43 Å². The molecule has 1 aromatic rings. The van der Waals surface area contributed by atoms with Crippen molar-refractivity contribution < 1.29 is 14.3 Å². The van der Waals surface area contributed by atoms with Crippen molar-refractivity contribution >= 4 is 12.3 Å². The van der Waals surface area contributed by atoms with Gasteiger partial charge in [0.05, 0.1) is 0 Å². The predicted octanol–water partition coefficient (Wildman–Crippen LogP) is 1.62. The van der Waals surface area contributed by atoms with Crippen LogP contribution in [-0.2, 0) is 6.42 Å². The van der Waals surface area contributed by atoms with Crippen LogP contribution in [0.1, 0.15) is 5.56 Å². The lowest BCUT2D eigenvalue weighted by molar-refractivity contribution is 0.195. The van der Waals surface area contributed by atoms with Gasteiger partial charge < -0.3 is 5.11 Å². The number of carboxylic acid groups (broad SMARTS) is 1. The molecule has 0 fully saturated rings. The zero-order valence-corrected chi connectivity index (χ0v) is 7.27. The molecule has 5 heteroatoms. The van der Waals surface area contributed by atoms with Gasteiger partial charge in [0.15, 0.2) is 0 Å². The van der Waals surface area contributed by atoms with Crippen molar-refractivity contribution in [3.63, 3.8) is 0 Å². The van der Waals surface area contributed by atoms with E-state index in [0.29, 0.717) is 6.42 Å². The summed E-state index contributed by atoms with van der Waals surface area (Å²) >= 11 is 0. The molecule has 0 spiro atoms. The molecular weight excluding hydrogens is 187 g/mol. The second-order valence-corrected chi connectivity index (χ2v) is 2.56. The molecule has 0 unspecified atom stereocenters. The minimum atomic E-state index is -1.21. The molecule has 74 valence electrons. The maximum absolute atomic E-state index is 12.5. The number of nitrogens with zero attached hydrogens (tertiary/aromatic N) is 1. The predicted molar refractivity (Wildman–Crippen MR) is 49.8 cm³/mol. The van der Waals surface area contributed by atoms with Crippen molar-refractivity contribution in [2.45, 2.75) is 6.42 Å². The van der Waals surface area contributed by atoms with E-state index in [2.05, 4.69) is 5.10 Å². The second kappa shape index (κ2) is 4.96. The third-order valence-electron chi connectivity index (χ3n) is 1.49. The van der Waals surface area contributed by atoms with Crippen LogP contribution in [-0.4, -0.2) is 17.4 Å². The Labute approximate surface area is 80.1 Å². The third-order valence-corrected chi connectivity index (χ3v) is 1.49. The molecule has 0 aliphatic carbocycles. The van der Waals surface area contributed by atoms with Gasteiger partial charge in [0, 0.05) is 12.6 Å². The van der Waals surface area contributed by atoms with Gasteiger partial charge in [-0.15, -0.1) is 0 Å². The van der Waals surface area contributed by atoms with Crippen molar-refractivity contribution in [2.75, 3.05) is 0 Å². The SMILES string of the molecule is O=C(O)NN=CCc1ccc(F)cc1. The molecule has 2 N–H and O–H groups in total. The smallest absolute Gasteiger partial charge is 0.425 e. The van der Waals surface area contributed by atoms with Gasteiger partial charge in [-0.3, -0.25) is 0 Å². The van der Waals surface area contributed by atoms with Crippen molar-refractivity contribution in [1.29, 1.82) is 0 Å². The van der Waals surface area contributed by atoms with E-state index in [1.165, 1.54) is 18.3 Å². The van der Waals surface area contributed by atoms with Crippen LogP contribution in [0.15, 0.2) is 29.4 Å². The number of carbonyl (C=O) groups is 1. The standard InChI is InChI=1S/C9H9FN2O2/c10-8-3-1-7(2-4-8)5-6-11-12-9(13)14/h1-4,6,12H,5H2,(H,13,14). The highest BCUT2D eigenvalue weighted by atomic mass is 19.1. The Balaban J connectivity index is 2.42. The van der Waals surface area contributed by atoms with E-state index < -0.39 is 6.09 Å². The Morgan fingerprint density at radius 3 is 2.71 bits per heavy atom. The lowest BCUT2D eigenvalue weighted by Gasteiger charge is -1.94. The minimum absolute atomic E-state index is 0.297. The molecule has 0 radical (unpaired) electrons. The first-order valence-electron chi connectivity index (χ1n) is 3.93. The van der Waals surface area contributed by atoms with E-state index in [0.717, 1.165) is 5.56 Å². The minimum Gasteiger partial charge on any atom is -0.464 e. The van der Waals surface area contributed by atoms with E-state index >= 15 is 0 Å². The van der Waals surface area contributed by atoms with E-state index in [1.54, 1.807) is 12.1 Å². The average molecular weight is 196 g/mol. The third kappa shape index (κ3) is 3.66. The number of rotatable bonds is 3. The first-order chi connectivity index (χ1) is 6.68. The Morgan fingerprint density at radius 1 is 1.50 bits per heavy atom. The number of halogens is 1. The van der Waals surface area contributed by atoms with Gasteiger partial charge in [0.2, 0.25) is 0 Å². The molecular formula is C9H9FN2O2. The lowest BCUT2D eigenvalue weighted by Crippen LogP contribution is -2.13. The van der Waals surface area contributed by atoms with Crippen LogP contribution in [0.3, 0.4) is 0 Å². The zero-order chi connectivity index (χ0) is 10.4. The van der Waals surface area contributed by atoms with Gasteiger partial charge in [0.1, 0.15) is 5.82 Å². The first kappa shape index (κ1) is 10.2. The lowest BCUT2D eigenvalue weighted by atomic mass is 10.2. The summed E-state index contributed by atoms with van der Waals surface area (Å²) < 4.78 is 12.5. The summed E-state index contributed by atoms with van der Waals surface area (Å²) in [6, 6.07) is 5.91. The Hall–Kier alpha value is -1.91. The van der Waals surface area contributed by atoms with Crippen LogP contribution >= 0.6 is 0 Å². The summed E-state index contributed by atoms with van der Waals surface area (Å²) in [7, 11) is 0. The van der Waals surface area contributed by atoms with E-state index in [1.807, 2.05) is 5.43 Å². The Kier molecular flexibility index (Phi) is 3.60. The molecule has 0 aliphatic rings. The monoisotopic (exact) mass is 196 g/mol. The summed E-state index contributed by atoms with van der Waals surface area (Å²) in [5.41, 5.74) is 2.70. The van der Waals surface area contributed by atoms with Crippen molar-refractivity contribution in [3.8, 4) is 0 Å². The summed E-state index contributed by atoms with van der Waals surface area (Å²) in [5.74, 6) is -0.297. The van der Waals surface area contributed by atoms with Crippen LogP contribution in [0.25, 0.3) is 0 Å². The fourth-order valence-electron chi connectivity index (χ4n) is 0.872. The molecule has 1 aromatic carbocycles. The topological polar surface area (TPSA) is 61.7 Å². The molecule has 1 rings (SSSR count). The number of benzene rings is 1. The van der Waals surface area contributed by atoms with Gasteiger partial charge in [-0.05, 0) is 17.7 Å². The quantitative estimate of drug-likeness (QED) is 0.570. The van der Waals surface area contributed by atoms with Gasteiger partial charge >= 0.3 is 6.09 Å². The fraction of sp³-hybridized carbons (Fsp3) is 0.111. The van der Waals surface area contributed by atoms with Crippen LogP contribution in [0, 0.1) is 5.82 Å². The average Bonchev–Trinajstić information content (AvgIpc) is 2.15. The maximum Gasteiger partial charge on any atom is 0.425 e. The number of nitrogens with one attached hydrogen (secondary N) is 1. The number of amides is 1. The highest BCUT2D eigenvalue weighted by Crippen LogP contribution is 2.01.